The van der Waals surface area contributed by atoms with Crippen molar-refractivity contribution in [2.45, 2.75) is 26.3 Å². The zero-order valence-electron chi connectivity index (χ0n) is 9.73. The summed E-state index contributed by atoms with van der Waals surface area (Å²) in [6.07, 6.45) is 1.87. The lowest BCUT2D eigenvalue weighted by atomic mass is 10.3. The van der Waals surface area contributed by atoms with E-state index in [1.165, 1.54) is 0 Å². The van der Waals surface area contributed by atoms with Gasteiger partial charge in [0.1, 0.15) is 0 Å². The Balaban J connectivity index is 3.86. The Hall–Kier alpha value is -0.170. The number of nitrogens with one attached hydrogen (secondary N) is 1. The van der Waals surface area contributed by atoms with Crippen LogP contribution < -0.4 is 4.72 Å². The van der Waals surface area contributed by atoms with Crippen molar-refractivity contribution in [3.63, 3.8) is 0 Å². The first-order chi connectivity index (χ1) is 6.87. The van der Waals surface area contributed by atoms with E-state index in [0.29, 0.717) is 19.1 Å². The second-order valence-corrected chi connectivity index (χ2v) is 5.71. The van der Waals surface area contributed by atoms with E-state index in [0.717, 1.165) is 19.2 Å². The van der Waals surface area contributed by atoms with Gasteiger partial charge < -0.3 is 5.11 Å². The van der Waals surface area contributed by atoms with Crippen LogP contribution in [0.15, 0.2) is 0 Å². The molecule has 2 N–H and O–H groups in total. The summed E-state index contributed by atoms with van der Waals surface area (Å²) in [6, 6.07) is 0.359. The zero-order chi connectivity index (χ0) is 11.9. The quantitative estimate of drug-likeness (QED) is 0.605. The van der Waals surface area contributed by atoms with Crippen LogP contribution in [-0.4, -0.2) is 57.0 Å². The van der Waals surface area contributed by atoms with Gasteiger partial charge in [0.25, 0.3) is 0 Å². The number of rotatable bonds is 8. The van der Waals surface area contributed by atoms with Crippen LogP contribution in [-0.2, 0) is 10.0 Å². The number of hydrogen-bond donors (Lipinski definition) is 2. The van der Waals surface area contributed by atoms with Gasteiger partial charge in [-0.3, -0.25) is 4.90 Å². The van der Waals surface area contributed by atoms with Crippen molar-refractivity contribution >= 4 is 10.0 Å². The molecule has 0 aliphatic rings. The van der Waals surface area contributed by atoms with E-state index in [1.54, 1.807) is 0 Å². The number of aliphatic hydroxyl groups is 1. The van der Waals surface area contributed by atoms with Crippen molar-refractivity contribution in [1.82, 2.24) is 9.62 Å². The summed E-state index contributed by atoms with van der Waals surface area (Å²) < 4.78 is 24.1. The molecule has 0 amide bonds. The third-order valence-corrected chi connectivity index (χ3v) is 2.83. The van der Waals surface area contributed by atoms with Gasteiger partial charge in [-0.05, 0) is 20.3 Å². The van der Waals surface area contributed by atoms with Gasteiger partial charge in [-0.25, -0.2) is 13.1 Å². The molecule has 0 fully saturated rings. The van der Waals surface area contributed by atoms with Crippen LogP contribution >= 0.6 is 0 Å². The maximum atomic E-state index is 10.8. The first kappa shape index (κ1) is 14.8. The van der Waals surface area contributed by atoms with Crippen molar-refractivity contribution in [3.8, 4) is 0 Å². The molecule has 0 saturated heterocycles. The molecule has 0 aromatic carbocycles. The highest BCUT2D eigenvalue weighted by Crippen LogP contribution is 1.98. The average Bonchev–Trinajstić information content (AvgIpc) is 2.08. The predicted octanol–water partition coefficient (Wildman–Crippen LogP) is -0.372. The van der Waals surface area contributed by atoms with Crippen LogP contribution in [0.1, 0.15) is 20.3 Å². The van der Waals surface area contributed by atoms with Gasteiger partial charge in [0.15, 0.2) is 0 Å². The van der Waals surface area contributed by atoms with E-state index in [9.17, 15) is 8.42 Å². The maximum Gasteiger partial charge on any atom is 0.208 e. The molecule has 0 aliphatic heterocycles. The molecule has 15 heavy (non-hydrogen) atoms. The van der Waals surface area contributed by atoms with Gasteiger partial charge >= 0.3 is 0 Å². The minimum absolute atomic E-state index is 0.169. The molecule has 0 bridgehead atoms. The molecule has 0 spiro atoms. The van der Waals surface area contributed by atoms with Gasteiger partial charge in [0.2, 0.25) is 10.0 Å². The Morgan fingerprint density at radius 1 is 1.33 bits per heavy atom. The number of sulfonamides is 1. The Bertz CT molecular complexity index is 252. The molecule has 0 radical (unpaired) electrons. The number of hydrogen-bond acceptors (Lipinski definition) is 4. The second-order valence-electron chi connectivity index (χ2n) is 3.87. The zero-order valence-corrected chi connectivity index (χ0v) is 10.5. The standard InChI is InChI=1S/C9H22N2O3S/c1-9(2)11(6-4-8-12)7-5-10-15(3,13)14/h9-10,12H,4-8H2,1-3H3. The first-order valence-electron chi connectivity index (χ1n) is 5.16. The molecule has 0 heterocycles. The van der Waals surface area contributed by atoms with E-state index in [-0.39, 0.29) is 6.61 Å². The van der Waals surface area contributed by atoms with Crippen LogP contribution in [0.2, 0.25) is 0 Å². The molecule has 0 aromatic heterocycles. The maximum absolute atomic E-state index is 10.8. The fourth-order valence-electron chi connectivity index (χ4n) is 1.28. The molecular formula is C9H22N2O3S. The smallest absolute Gasteiger partial charge is 0.208 e. The number of aliphatic hydroxyl groups excluding tert-OH is 1. The van der Waals surface area contributed by atoms with Gasteiger partial charge in [0, 0.05) is 32.3 Å². The largest absolute Gasteiger partial charge is 0.396 e. The number of nitrogens with zero attached hydrogens (tertiary/aromatic N) is 1. The lowest BCUT2D eigenvalue weighted by Gasteiger charge is -2.25. The van der Waals surface area contributed by atoms with Crippen molar-refractivity contribution in [1.29, 1.82) is 0 Å². The Morgan fingerprint density at radius 2 is 1.93 bits per heavy atom. The molecule has 0 saturated carbocycles. The highest BCUT2D eigenvalue weighted by atomic mass is 32.2. The summed E-state index contributed by atoms with van der Waals surface area (Å²) in [7, 11) is -3.09. The summed E-state index contributed by atoms with van der Waals surface area (Å²) in [5.41, 5.74) is 0. The third-order valence-electron chi connectivity index (χ3n) is 2.10. The summed E-state index contributed by atoms with van der Waals surface area (Å²) in [5, 5.41) is 8.71. The Kier molecular flexibility index (Phi) is 7.08. The summed E-state index contributed by atoms with van der Waals surface area (Å²) in [5.74, 6) is 0. The van der Waals surface area contributed by atoms with E-state index >= 15 is 0 Å². The van der Waals surface area contributed by atoms with Crippen molar-refractivity contribution < 1.29 is 13.5 Å². The monoisotopic (exact) mass is 238 g/mol. The molecule has 0 aliphatic carbocycles. The summed E-state index contributed by atoms with van der Waals surface area (Å²) in [4.78, 5) is 2.13. The molecule has 6 heteroatoms. The van der Waals surface area contributed by atoms with Gasteiger partial charge in [0.05, 0.1) is 6.26 Å². The van der Waals surface area contributed by atoms with Crippen LogP contribution in [0, 0.1) is 0 Å². The highest BCUT2D eigenvalue weighted by molar-refractivity contribution is 7.88. The van der Waals surface area contributed by atoms with Gasteiger partial charge in [-0.15, -0.1) is 0 Å². The molecule has 5 nitrogen and oxygen atoms in total. The van der Waals surface area contributed by atoms with E-state index in [2.05, 4.69) is 23.5 Å². The Labute approximate surface area is 92.5 Å². The third kappa shape index (κ3) is 8.80. The molecule has 0 atom stereocenters. The van der Waals surface area contributed by atoms with Crippen molar-refractivity contribution in [3.05, 3.63) is 0 Å². The molecule has 0 aromatic rings. The molecule has 92 valence electrons. The lowest BCUT2D eigenvalue weighted by molar-refractivity contribution is 0.194. The van der Waals surface area contributed by atoms with Crippen LogP contribution in [0.3, 0.4) is 0 Å². The van der Waals surface area contributed by atoms with E-state index in [1.807, 2.05) is 0 Å². The fourth-order valence-corrected chi connectivity index (χ4v) is 1.74. The van der Waals surface area contributed by atoms with Crippen molar-refractivity contribution in [2.24, 2.45) is 0 Å². The Morgan fingerprint density at radius 3 is 2.33 bits per heavy atom. The summed E-state index contributed by atoms with van der Waals surface area (Å²) in [6.45, 7) is 6.16. The van der Waals surface area contributed by atoms with E-state index < -0.39 is 10.0 Å². The highest BCUT2D eigenvalue weighted by Gasteiger charge is 2.09. The first-order valence-corrected chi connectivity index (χ1v) is 7.05. The van der Waals surface area contributed by atoms with E-state index in [4.69, 9.17) is 5.11 Å². The van der Waals surface area contributed by atoms with Gasteiger partial charge in [-0.2, -0.15) is 0 Å². The summed E-state index contributed by atoms with van der Waals surface area (Å²) >= 11 is 0. The minimum Gasteiger partial charge on any atom is -0.396 e. The van der Waals surface area contributed by atoms with Gasteiger partial charge in [-0.1, -0.05) is 0 Å². The van der Waals surface area contributed by atoms with Crippen LogP contribution in [0.4, 0.5) is 0 Å². The van der Waals surface area contributed by atoms with Crippen LogP contribution in [0.25, 0.3) is 0 Å². The minimum atomic E-state index is -3.09. The topological polar surface area (TPSA) is 69.6 Å². The SMILES string of the molecule is CC(C)N(CCCO)CCNS(C)(=O)=O. The molecule has 0 unspecified atom stereocenters. The second kappa shape index (κ2) is 7.16. The predicted molar refractivity (Wildman–Crippen MR) is 61.3 cm³/mol. The molecular weight excluding hydrogens is 216 g/mol. The molecule has 0 rings (SSSR count). The fraction of sp³-hybridized carbons (Fsp3) is 1.00. The van der Waals surface area contributed by atoms with Crippen molar-refractivity contribution in [2.75, 3.05) is 32.5 Å². The average molecular weight is 238 g/mol. The normalized spacial score (nSPS) is 12.7. The van der Waals surface area contributed by atoms with Crippen LogP contribution in [0.5, 0.6) is 0 Å². The lowest BCUT2D eigenvalue weighted by Crippen LogP contribution is -2.39.